The molecule has 1 N–H and O–H groups in total. The maximum atomic E-state index is 12.8. The Morgan fingerprint density at radius 1 is 1.21 bits per heavy atom. The van der Waals surface area contributed by atoms with Crippen molar-refractivity contribution in [2.75, 3.05) is 38.2 Å². The summed E-state index contributed by atoms with van der Waals surface area (Å²) in [6.45, 7) is 4.63. The van der Waals surface area contributed by atoms with E-state index in [1.54, 1.807) is 6.92 Å². The summed E-state index contributed by atoms with van der Waals surface area (Å²) in [5.74, 6) is -0.469. The number of para-hydroxylation sites is 1. The van der Waals surface area contributed by atoms with Crippen LogP contribution in [0.2, 0.25) is 0 Å². The average molecular weight is 417 g/mol. The number of aromatic nitrogens is 2. The van der Waals surface area contributed by atoms with Crippen molar-refractivity contribution in [3.63, 3.8) is 0 Å². The van der Waals surface area contributed by atoms with E-state index in [2.05, 4.69) is 31.7 Å². The smallest absolute Gasteiger partial charge is 0.311 e. The monoisotopic (exact) mass is 416 g/mol. The normalized spacial score (nSPS) is 15.1. The molecule has 29 heavy (non-hydrogen) atoms. The first-order valence-electron chi connectivity index (χ1n) is 9.39. The lowest BCUT2D eigenvalue weighted by atomic mass is 10.2. The molecule has 1 aliphatic rings. The summed E-state index contributed by atoms with van der Waals surface area (Å²) in [6.07, 6.45) is -0.0856. The molecule has 1 atom stereocenters. The van der Waals surface area contributed by atoms with Crippen LogP contribution < -0.4 is 10.5 Å². The number of benzene rings is 1. The van der Waals surface area contributed by atoms with Crippen molar-refractivity contribution in [2.24, 2.45) is 0 Å². The topological polar surface area (TPSA) is 95.6 Å². The van der Waals surface area contributed by atoms with Crippen LogP contribution in [0.4, 0.5) is 5.69 Å². The minimum atomic E-state index is -0.473. The van der Waals surface area contributed by atoms with Gasteiger partial charge in [-0.1, -0.05) is 30.0 Å². The van der Waals surface area contributed by atoms with Crippen LogP contribution in [-0.4, -0.2) is 65.3 Å². The fraction of sp³-hybridized carbons (Fsp3) is 0.400. The maximum absolute atomic E-state index is 12.8. The van der Waals surface area contributed by atoms with E-state index in [9.17, 15) is 14.4 Å². The number of methoxy groups -OCH3 is 1. The summed E-state index contributed by atoms with van der Waals surface area (Å²) < 4.78 is 4.61. The Labute approximate surface area is 173 Å². The first kappa shape index (κ1) is 20.9. The van der Waals surface area contributed by atoms with Crippen LogP contribution in [0.3, 0.4) is 0 Å². The highest BCUT2D eigenvalue weighted by Gasteiger charge is 2.26. The zero-order valence-electron chi connectivity index (χ0n) is 16.5. The van der Waals surface area contributed by atoms with Crippen LogP contribution >= 0.6 is 11.8 Å². The van der Waals surface area contributed by atoms with Gasteiger partial charge in [0.25, 0.3) is 5.56 Å². The molecule has 9 heteroatoms. The van der Waals surface area contributed by atoms with E-state index < -0.39 is 11.2 Å². The van der Waals surface area contributed by atoms with E-state index in [1.807, 2.05) is 23.1 Å². The molecule has 1 aromatic carbocycles. The molecule has 0 radical (unpaired) electrons. The fourth-order valence-corrected chi connectivity index (χ4v) is 4.06. The van der Waals surface area contributed by atoms with Crippen LogP contribution in [0.15, 0.2) is 46.3 Å². The fourth-order valence-electron chi connectivity index (χ4n) is 3.15. The molecule has 2 aromatic rings. The summed E-state index contributed by atoms with van der Waals surface area (Å²) in [5, 5.41) is -0.0880. The van der Waals surface area contributed by atoms with Crippen LogP contribution in [0.25, 0.3) is 0 Å². The number of ether oxygens (including phenoxy) is 1. The van der Waals surface area contributed by atoms with Crippen LogP contribution in [0.1, 0.15) is 12.6 Å². The lowest BCUT2D eigenvalue weighted by molar-refractivity contribution is -0.139. The van der Waals surface area contributed by atoms with Gasteiger partial charge in [0.15, 0.2) is 5.16 Å². The highest BCUT2D eigenvalue weighted by atomic mass is 32.2. The second-order valence-electron chi connectivity index (χ2n) is 6.70. The Hall–Kier alpha value is -2.81. The zero-order valence-corrected chi connectivity index (χ0v) is 17.3. The number of thioether (sulfide) groups is 1. The van der Waals surface area contributed by atoms with Gasteiger partial charge in [-0.3, -0.25) is 14.4 Å². The van der Waals surface area contributed by atoms with Gasteiger partial charge < -0.3 is 19.5 Å². The first-order valence-corrected chi connectivity index (χ1v) is 10.3. The summed E-state index contributed by atoms with van der Waals surface area (Å²) in [6, 6.07) is 11.4. The number of hydrogen-bond donors (Lipinski definition) is 1. The van der Waals surface area contributed by atoms with Gasteiger partial charge in [0.1, 0.15) is 0 Å². The number of aromatic amines is 1. The Morgan fingerprint density at radius 3 is 2.55 bits per heavy atom. The lowest BCUT2D eigenvalue weighted by Crippen LogP contribution is -2.50. The predicted molar refractivity (Wildman–Crippen MR) is 111 cm³/mol. The van der Waals surface area contributed by atoms with Gasteiger partial charge in [-0.15, -0.1) is 0 Å². The van der Waals surface area contributed by atoms with Crippen molar-refractivity contribution >= 4 is 29.3 Å². The molecule has 154 valence electrons. The zero-order chi connectivity index (χ0) is 20.8. The molecule has 3 rings (SSSR count). The lowest BCUT2D eigenvalue weighted by Gasteiger charge is -2.37. The Morgan fingerprint density at radius 2 is 1.90 bits per heavy atom. The highest BCUT2D eigenvalue weighted by molar-refractivity contribution is 8.00. The van der Waals surface area contributed by atoms with E-state index in [4.69, 9.17) is 0 Å². The number of nitrogens with zero attached hydrogens (tertiary/aromatic N) is 3. The van der Waals surface area contributed by atoms with Gasteiger partial charge in [0.2, 0.25) is 5.91 Å². The molecule has 1 amide bonds. The summed E-state index contributed by atoms with van der Waals surface area (Å²) in [7, 11) is 1.28. The number of rotatable bonds is 6. The molecule has 0 saturated carbocycles. The Kier molecular flexibility index (Phi) is 6.92. The minimum absolute atomic E-state index is 0.00346. The van der Waals surface area contributed by atoms with Gasteiger partial charge >= 0.3 is 5.97 Å². The number of H-pyrrole nitrogens is 1. The second kappa shape index (κ2) is 9.60. The van der Waals surface area contributed by atoms with Crippen LogP contribution in [-0.2, 0) is 20.7 Å². The molecular formula is C20H24N4O4S. The van der Waals surface area contributed by atoms with Gasteiger partial charge in [0, 0.05) is 37.9 Å². The standard InChI is InChI=1S/C20H24N4O4S/c1-14(29-20-21-15(12-17(25)22-20)13-18(26)28-2)19(27)24-10-8-23(9-11-24)16-6-4-3-5-7-16/h3-7,12,14H,8-11,13H2,1-2H3,(H,21,22,25)/t14-/m0/s1. The third-order valence-corrected chi connectivity index (χ3v) is 5.65. The molecule has 1 fully saturated rings. The number of anilines is 1. The second-order valence-corrected chi connectivity index (χ2v) is 8.03. The molecule has 8 nitrogen and oxygen atoms in total. The number of carbonyl (C=O) groups excluding carboxylic acids is 2. The van der Waals surface area contributed by atoms with Crippen LogP contribution in [0, 0.1) is 0 Å². The summed E-state index contributed by atoms with van der Waals surface area (Å²) in [4.78, 5) is 47.1. The number of amides is 1. The molecule has 2 heterocycles. The van der Waals surface area contributed by atoms with Crippen LogP contribution in [0.5, 0.6) is 0 Å². The Balaban J connectivity index is 1.58. The van der Waals surface area contributed by atoms with Gasteiger partial charge in [-0.25, -0.2) is 4.98 Å². The third-order valence-electron chi connectivity index (χ3n) is 4.67. The quantitative estimate of drug-likeness (QED) is 0.431. The maximum Gasteiger partial charge on any atom is 0.311 e. The minimum Gasteiger partial charge on any atom is -0.469 e. The van der Waals surface area contributed by atoms with E-state index >= 15 is 0 Å². The SMILES string of the molecule is COC(=O)Cc1cc(=O)[nH]c(S[C@@H](C)C(=O)N2CCN(c3ccccc3)CC2)n1. The van der Waals surface area contributed by atoms with Crippen molar-refractivity contribution in [3.8, 4) is 0 Å². The molecule has 0 unspecified atom stereocenters. The van der Waals surface area contributed by atoms with E-state index in [-0.39, 0.29) is 17.9 Å². The number of esters is 1. The number of piperazine rings is 1. The van der Waals surface area contributed by atoms with Crippen molar-refractivity contribution in [1.29, 1.82) is 0 Å². The third kappa shape index (κ3) is 5.60. The van der Waals surface area contributed by atoms with Crippen molar-refractivity contribution in [2.45, 2.75) is 23.8 Å². The number of carbonyl (C=O) groups is 2. The summed E-state index contributed by atoms with van der Waals surface area (Å²) >= 11 is 1.18. The predicted octanol–water partition coefficient (Wildman–Crippen LogP) is 1.31. The van der Waals surface area contributed by atoms with Crippen molar-refractivity contribution in [1.82, 2.24) is 14.9 Å². The first-order chi connectivity index (χ1) is 14.0. The Bertz CT molecular complexity index is 910. The van der Waals surface area contributed by atoms with Crippen molar-refractivity contribution in [3.05, 3.63) is 52.4 Å². The molecule has 1 aliphatic heterocycles. The molecule has 0 spiro atoms. The summed E-state index contributed by atoms with van der Waals surface area (Å²) in [5.41, 5.74) is 1.11. The van der Waals surface area contributed by atoms with Gasteiger partial charge in [-0.2, -0.15) is 0 Å². The van der Waals surface area contributed by atoms with E-state index in [0.29, 0.717) is 23.9 Å². The molecule has 0 aliphatic carbocycles. The molecule has 1 saturated heterocycles. The molecule has 1 aromatic heterocycles. The largest absolute Gasteiger partial charge is 0.469 e. The molecular weight excluding hydrogens is 392 g/mol. The average Bonchev–Trinajstić information content (AvgIpc) is 2.73. The van der Waals surface area contributed by atoms with E-state index in [0.717, 1.165) is 18.8 Å². The number of hydrogen-bond acceptors (Lipinski definition) is 7. The molecule has 0 bridgehead atoms. The highest BCUT2D eigenvalue weighted by Crippen LogP contribution is 2.22. The number of nitrogens with one attached hydrogen (secondary N) is 1. The van der Waals surface area contributed by atoms with E-state index in [1.165, 1.54) is 24.9 Å². The van der Waals surface area contributed by atoms with Gasteiger partial charge in [-0.05, 0) is 19.1 Å². The van der Waals surface area contributed by atoms with Gasteiger partial charge in [0.05, 0.1) is 24.5 Å². The van der Waals surface area contributed by atoms with Crippen molar-refractivity contribution < 1.29 is 14.3 Å².